The second kappa shape index (κ2) is 5.66. The number of aromatic nitrogens is 1. The van der Waals surface area contributed by atoms with Crippen LogP contribution in [0.2, 0.25) is 0 Å². The van der Waals surface area contributed by atoms with Crippen molar-refractivity contribution >= 4 is 22.7 Å². The van der Waals surface area contributed by atoms with Crippen molar-refractivity contribution in [3.05, 3.63) is 59.8 Å². The van der Waals surface area contributed by atoms with Gasteiger partial charge in [0.25, 0.3) is 0 Å². The van der Waals surface area contributed by atoms with E-state index in [1.165, 1.54) is 0 Å². The summed E-state index contributed by atoms with van der Waals surface area (Å²) >= 11 is 0. The zero-order chi connectivity index (χ0) is 14.7. The molecule has 0 saturated carbocycles. The monoisotopic (exact) mass is 281 g/mol. The van der Waals surface area contributed by atoms with E-state index in [-0.39, 0.29) is 6.03 Å². The molecule has 0 spiro atoms. The van der Waals surface area contributed by atoms with Gasteiger partial charge in [-0.2, -0.15) is 0 Å². The lowest BCUT2D eigenvalue weighted by Crippen LogP contribution is -2.28. The molecule has 1 heterocycles. The van der Waals surface area contributed by atoms with E-state index in [9.17, 15) is 4.79 Å². The van der Waals surface area contributed by atoms with Crippen molar-refractivity contribution in [2.45, 2.75) is 13.5 Å². The van der Waals surface area contributed by atoms with Crippen molar-refractivity contribution in [3.8, 4) is 0 Å². The van der Waals surface area contributed by atoms with Crippen molar-refractivity contribution in [1.82, 2.24) is 10.5 Å². The minimum atomic E-state index is -0.267. The van der Waals surface area contributed by atoms with Crippen LogP contribution in [0.15, 0.2) is 53.1 Å². The predicted octanol–water partition coefficient (Wildman–Crippen LogP) is 3.46. The number of para-hydroxylation sites is 2. The quantitative estimate of drug-likeness (QED) is 0.772. The Kier molecular flexibility index (Phi) is 3.55. The van der Waals surface area contributed by atoms with Gasteiger partial charge in [-0.1, -0.05) is 35.5 Å². The molecule has 2 amide bonds. The molecule has 0 aliphatic rings. The second-order valence-corrected chi connectivity index (χ2v) is 4.75. The van der Waals surface area contributed by atoms with Crippen LogP contribution in [0.25, 0.3) is 11.0 Å². The van der Waals surface area contributed by atoms with Crippen LogP contribution in [0.3, 0.4) is 0 Å². The highest BCUT2D eigenvalue weighted by atomic mass is 16.5. The fourth-order valence-corrected chi connectivity index (χ4v) is 2.11. The fourth-order valence-electron chi connectivity index (χ4n) is 2.11. The summed E-state index contributed by atoms with van der Waals surface area (Å²) in [6.45, 7) is 2.26. The van der Waals surface area contributed by atoms with E-state index in [1.54, 1.807) is 0 Å². The lowest BCUT2D eigenvalue weighted by molar-refractivity contribution is 0.251. The Balaban J connectivity index is 1.65. The van der Waals surface area contributed by atoms with Gasteiger partial charge in [-0.05, 0) is 30.7 Å². The van der Waals surface area contributed by atoms with Gasteiger partial charge in [0.2, 0.25) is 0 Å². The van der Waals surface area contributed by atoms with E-state index in [4.69, 9.17) is 4.52 Å². The first-order chi connectivity index (χ1) is 10.2. The molecule has 0 saturated heterocycles. The van der Waals surface area contributed by atoms with Gasteiger partial charge in [0, 0.05) is 11.1 Å². The number of carbonyl (C=O) groups is 1. The third kappa shape index (κ3) is 2.86. The van der Waals surface area contributed by atoms with Crippen molar-refractivity contribution in [2.75, 3.05) is 5.32 Å². The van der Waals surface area contributed by atoms with E-state index < -0.39 is 0 Å². The van der Waals surface area contributed by atoms with E-state index in [0.717, 1.165) is 16.6 Å². The summed E-state index contributed by atoms with van der Waals surface area (Å²) in [7, 11) is 0. The highest BCUT2D eigenvalue weighted by molar-refractivity contribution is 5.90. The highest BCUT2D eigenvalue weighted by Crippen LogP contribution is 2.17. The number of nitrogens with one attached hydrogen (secondary N) is 2. The molecule has 2 N–H and O–H groups in total. The van der Waals surface area contributed by atoms with Crippen LogP contribution < -0.4 is 10.6 Å². The van der Waals surface area contributed by atoms with Crippen LogP contribution in [0.4, 0.5) is 10.5 Å². The number of rotatable bonds is 3. The Bertz CT molecular complexity index is 780. The standard InChI is InChI=1S/C16H15N3O2/c1-11-6-2-4-8-13(11)18-16(20)17-10-14-12-7-3-5-9-15(12)21-19-14/h2-9H,10H2,1H3,(H2,17,18,20). The van der Waals surface area contributed by atoms with E-state index in [1.807, 2.05) is 55.5 Å². The summed E-state index contributed by atoms with van der Waals surface area (Å²) in [5, 5.41) is 10.5. The normalized spacial score (nSPS) is 10.5. The third-order valence-corrected chi connectivity index (χ3v) is 3.26. The van der Waals surface area contributed by atoms with Gasteiger partial charge in [-0.15, -0.1) is 0 Å². The van der Waals surface area contributed by atoms with Gasteiger partial charge >= 0.3 is 6.03 Å². The highest BCUT2D eigenvalue weighted by Gasteiger charge is 2.09. The zero-order valence-corrected chi connectivity index (χ0v) is 11.6. The first-order valence-electron chi connectivity index (χ1n) is 6.68. The van der Waals surface area contributed by atoms with Crippen LogP contribution in [0.5, 0.6) is 0 Å². The second-order valence-electron chi connectivity index (χ2n) is 4.75. The SMILES string of the molecule is Cc1ccccc1NC(=O)NCc1noc2ccccc12. The molecule has 5 nitrogen and oxygen atoms in total. The summed E-state index contributed by atoms with van der Waals surface area (Å²) in [5.41, 5.74) is 3.23. The molecular weight excluding hydrogens is 266 g/mol. The molecule has 0 bridgehead atoms. The maximum absolute atomic E-state index is 11.9. The lowest BCUT2D eigenvalue weighted by atomic mass is 10.2. The smallest absolute Gasteiger partial charge is 0.319 e. The average Bonchev–Trinajstić information content (AvgIpc) is 2.91. The van der Waals surface area contributed by atoms with Crippen molar-refractivity contribution < 1.29 is 9.32 Å². The number of amides is 2. The summed E-state index contributed by atoms with van der Waals surface area (Å²) in [6, 6.07) is 14.9. The van der Waals surface area contributed by atoms with Crippen LogP contribution >= 0.6 is 0 Å². The molecule has 0 atom stereocenters. The largest absolute Gasteiger partial charge is 0.356 e. The Morgan fingerprint density at radius 3 is 2.76 bits per heavy atom. The summed E-state index contributed by atoms with van der Waals surface area (Å²) in [4.78, 5) is 11.9. The van der Waals surface area contributed by atoms with Crippen molar-refractivity contribution in [1.29, 1.82) is 0 Å². The van der Waals surface area contributed by atoms with Gasteiger partial charge in [0.1, 0.15) is 5.69 Å². The van der Waals surface area contributed by atoms with Crippen LogP contribution in [-0.4, -0.2) is 11.2 Å². The number of hydrogen-bond acceptors (Lipinski definition) is 3. The third-order valence-electron chi connectivity index (χ3n) is 3.26. The van der Waals surface area contributed by atoms with E-state index in [2.05, 4.69) is 15.8 Å². The Hall–Kier alpha value is -2.82. The first-order valence-corrected chi connectivity index (χ1v) is 6.68. The molecule has 0 radical (unpaired) electrons. The predicted molar refractivity (Wildman–Crippen MR) is 81.0 cm³/mol. The van der Waals surface area contributed by atoms with Gasteiger partial charge in [0.05, 0.1) is 6.54 Å². The van der Waals surface area contributed by atoms with Gasteiger partial charge < -0.3 is 15.2 Å². The van der Waals surface area contributed by atoms with Gasteiger partial charge in [-0.3, -0.25) is 0 Å². The number of nitrogens with zero attached hydrogens (tertiary/aromatic N) is 1. The topological polar surface area (TPSA) is 67.2 Å². The molecule has 3 rings (SSSR count). The molecule has 106 valence electrons. The van der Waals surface area contributed by atoms with Gasteiger partial charge in [-0.25, -0.2) is 4.79 Å². The minimum absolute atomic E-state index is 0.267. The number of anilines is 1. The number of carbonyl (C=O) groups excluding carboxylic acids is 1. The number of hydrogen-bond donors (Lipinski definition) is 2. The van der Waals surface area contributed by atoms with Gasteiger partial charge in [0.15, 0.2) is 5.58 Å². The maximum Gasteiger partial charge on any atom is 0.319 e. The number of fused-ring (bicyclic) bond motifs is 1. The molecule has 0 aliphatic heterocycles. The molecule has 0 fully saturated rings. The molecule has 21 heavy (non-hydrogen) atoms. The summed E-state index contributed by atoms with van der Waals surface area (Å²) in [6.07, 6.45) is 0. The molecule has 1 aromatic heterocycles. The minimum Gasteiger partial charge on any atom is -0.356 e. The molecule has 3 aromatic rings. The molecule has 5 heteroatoms. The maximum atomic E-state index is 11.9. The molecule has 0 unspecified atom stereocenters. The molecule has 0 aliphatic carbocycles. The van der Waals surface area contributed by atoms with Crippen molar-refractivity contribution in [2.24, 2.45) is 0 Å². The Morgan fingerprint density at radius 1 is 1.14 bits per heavy atom. The Labute approximate surface area is 121 Å². The number of benzene rings is 2. The van der Waals surface area contributed by atoms with Crippen LogP contribution in [0.1, 0.15) is 11.3 Å². The zero-order valence-electron chi connectivity index (χ0n) is 11.6. The first kappa shape index (κ1) is 13.2. The van der Waals surface area contributed by atoms with E-state index in [0.29, 0.717) is 17.8 Å². The number of aryl methyl sites for hydroxylation is 1. The van der Waals surface area contributed by atoms with Crippen LogP contribution in [0, 0.1) is 6.92 Å². The van der Waals surface area contributed by atoms with E-state index >= 15 is 0 Å². The lowest BCUT2D eigenvalue weighted by Gasteiger charge is -2.08. The van der Waals surface area contributed by atoms with Crippen molar-refractivity contribution in [3.63, 3.8) is 0 Å². The number of urea groups is 1. The molecular formula is C16H15N3O2. The fraction of sp³-hybridized carbons (Fsp3) is 0.125. The van der Waals surface area contributed by atoms with Crippen LogP contribution in [-0.2, 0) is 6.54 Å². The average molecular weight is 281 g/mol. The summed E-state index contributed by atoms with van der Waals surface area (Å²) < 4.78 is 5.20. The Morgan fingerprint density at radius 2 is 1.90 bits per heavy atom. The summed E-state index contributed by atoms with van der Waals surface area (Å²) in [5.74, 6) is 0. The molecule has 2 aromatic carbocycles.